The number of amides is 2. The van der Waals surface area contributed by atoms with Crippen LogP contribution in [-0.4, -0.2) is 60.9 Å². The molecule has 3 aromatic heterocycles. The number of oxime groups is 1. The van der Waals surface area contributed by atoms with E-state index in [2.05, 4.69) is 37.3 Å². The predicted octanol–water partition coefficient (Wildman–Crippen LogP) is 1.59. The number of hydrogen-bond acceptors (Lipinski definition) is 11. The van der Waals surface area contributed by atoms with Gasteiger partial charge in [0.15, 0.2) is 17.5 Å². The Morgan fingerprint density at radius 3 is 2.79 bits per heavy atom. The Hall–Kier alpha value is -3.34. The molecule has 1 saturated heterocycles. The summed E-state index contributed by atoms with van der Waals surface area (Å²) in [5.74, 6) is -1.08. The van der Waals surface area contributed by atoms with Crippen LogP contribution in [0.15, 0.2) is 46.8 Å². The number of nitrogens with zero attached hydrogens (tertiary/aromatic N) is 5. The molecule has 1 fully saturated rings. The molecule has 2 aliphatic heterocycles. The summed E-state index contributed by atoms with van der Waals surface area (Å²) in [6.45, 7) is -1.28. The highest BCUT2D eigenvalue weighted by Crippen LogP contribution is 2.45. The second-order valence-electron chi connectivity index (χ2n) is 8.08. The molecule has 5 rings (SSSR count). The van der Waals surface area contributed by atoms with Crippen molar-refractivity contribution in [3.63, 3.8) is 0 Å². The molecule has 0 spiro atoms. The zero-order valence-electron chi connectivity index (χ0n) is 19.5. The summed E-state index contributed by atoms with van der Waals surface area (Å²) in [5, 5.41) is 6.98. The summed E-state index contributed by atoms with van der Waals surface area (Å²) in [5.41, 5.74) is 8.05. The van der Waals surface area contributed by atoms with Gasteiger partial charge in [-0.25, -0.2) is 8.96 Å². The van der Waals surface area contributed by atoms with E-state index in [-0.39, 0.29) is 16.7 Å². The van der Waals surface area contributed by atoms with Crippen molar-refractivity contribution in [2.24, 2.45) is 12.2 Å². The smallest absolute Gasteiger partial charge is 0.278 e. The molecular formula is C22H19FN7O4S4+. The van der Waals surface area contributed by atoms with Crippen LogP contribution in [-0.2, 0) is 26.3 Å². The molecule has 16 heteroatoms. The number of thiophene rings is 1. The van der Waals surface area contributed by atoms with Crippen molar-refractivity contribution in [1.29, 1.82) is 0 Å². The number of aryl methyl sites for hydroxylation is 1. The van der Waals surface area contributed by atoms with Crippen LogP contribution in [0.5, 0.6) is 0 Å². The standard InChI is InChI=1S/C22H18FN7O4S4/c1-29-4-2-10(3-5-29)11-6-13(36-7-11)12-8-37-20-15(19(32)30(20)16(12)21(33)35)25-18(31)14(27-34-9-23)17-26-22(24)38-28-17/h2-7,15,20H,8-9H2,1H3,(H3-,24,25,26,28,31,33,35)/p+1/b27-14-/t15-,20-/m1/s1. The average molecular weight is 593 g/mol. The zero-order chi connectivity index (χ0) is 27.0. The van der Waals surface area contributed by atoms with Gasteiger partial charge in [0, 0.05) is 39.9 Å². The number of halogens is 1. The number of thiol groups is 1. The third-order valence-corrected chi connectivity index (χ3v) is 8.76. The fraction of sp³-hybridized carbons (Fsp3) is 0.227. The van der Waals surface area contributed by atoms with Gasteiger partial charge < -0.3 is 15.9 Å². The summed E-state index contributed by atoms with van der Waals surface area (Å²) >= 11 is 7.74. The number of aromatic nitrogens is 3. The van der Waals surface area contributed by atoms with E-state index in [0.717, 1.165) is 27.5 Å². The maximum Gasteiger partial charge on any atom is 0.278 e. The van der Waals surface area contributed by atoms with Gasteiger partial charge in [-0.15, -0.1) is 23.1 Å². The molecule has 0 bridgehead atoms. The summed E-state index contributed by atoms with van der Waals surface area (Å²) in [4.78, 5) is 49.1. The van der Waals surface area contributed by atoms with Crippen molar-refractivity contribution < 1.29 is 28.2 Å². The molecule has 3 aromatic rings. The summed E-state index contributed by atoms with van der Waals surface area (Å²) in [6, 6.07) is 5.01. The van der Waals surface area contributed by atoms with Crippen molar-refractivity contribution in [2.75, 3.05) is 18.3 Å². The van der Waals surface area contributed by atoms with E-state index in [9.17, 15) is 18.8 Å². The largest absolute Gasteiger partial charge is 0.374 e. The van der Waals surface area contributed by atoms with Crippen molar-refractivity contribution in [2.45, 2.75) is 11.4 Å². The summed E-state index contributed by atoms with van der Waals surface area (Å²) in [6.07, 6.45) is 3.89. The molecule has 0 radical (unpaired) electrons. The minimum atomic E-state index is -1.28. The first kappa shape index (κ1) is 26.3. The van der Waals surface area contributed by atoms with Gasteiger partial charge in [0.25, 0.3) is 18.7 Å². The molecule has 0 saturated carbocycles. The number of carbonyl (C=O) groups is 3. The number of thioether (sulfide) groups is 1. The van der Waals surface area contributed by atoms with Crippen molar-refractivity contribution in [1.82, 2.24) is 19.6 Å². The van der Waals surface area contributed by atoms with E-state index >= 15 is 0 Å². The van der Waals surface area contributed by atoms with Crippen LogP contribution in [0, 0.1) is 0 Å². The molecule has 0 aromatic carbocycles. The van der Waals surface area contributed by atoms with Crippen LogP contribution in [0.25, 0.3) is 16.7 Å². The molecule has 2 atom stereocenters. The Bertz CT molecular complexity index is 1490. The molecule has 196 valence electrons. The highest BCUT2D eigenvalue weighted by molar-refractivity contribution is 8.00. The number of nitrogens with two attached hydrogens (primary N) is 1. The molecule has 2 aliphatic rings. The molecule has 11 nitrogen and oxygen atoms in total. The maximum absolute atomic E-state index is 13.2. The van der Waals surface area contributed by atoms with E-state index in [4.69, 9.17) is 5.73 Å². The van der Waals surface area contributed by atoms with Crippen LogP contribution in [0.4, 0.5) is 9.52 Å². The Morgan fingerprint density at radius 2 is 2.13 bits per heavy atom. The number of anilines is 1. The maximum atomic E-state index is 13.2. The Morgan fingerprint density at radius 1 is 1.37 bits per heavy atom. The molecule has 38 heavy (non-hydrogen) atoms. The number of pyridine rings is 1. The monoisotopic (exact) mass is 592 g/mol. The van der Waals surface area contributed by atoms with Crippen LogP contribution < -0.4 is 15.6 Å². The highest BCUT2D eigenvalue weighted by Gasteiger charge is 2.54. The quantitative estimate of drug-likeness (QED) is 0.118. The lowest BCUT2D eigenvalue weighted by Crippen LogP contribution is -2.70. The summed E-state index contributed by atoms with van der Waals surface area (Å²) < 4.78 is 18.4. The lowest BCUT2D eigenvalue weighted by atomic mass is 10.0. The van der Waals surface area contributed by atoms with Gasteiger partial charge in [0.05, 0.1) is 0 Å². The predicted molar refractivity (Wildman–Crippen MR) is 145 cm³/mol. The SMILES string of the molecule is C[n+]1ccc(-c2csc(C3=C(C(=O)S)N4C(=O)[C@@H](NC(=O)/C(=N\OCF)c5nsc(N)n5)[C@H]4SC3)c2)cc1. The molecule has 5 heterocycles. The van der Waals surface area contributed by atoms with E-state index in [1.807, 2.05) is 47.6 Å². The number of fused-ring (bicyclic) bond motifs is 1. The first-order valence-corrected chi connectivity index (χ1v) is 14.1. The Kier molecular flexibility index (Phi) is 7.47. The molecule has 3 N–H and O–H groups in total. The minimum absolute atomic E-state index is 0.0714. The van der Waals surface area contributed by atoms with Gasteiger partial charge in [-0.05, 0) is 22.6 Å². The molecule has 2 amide bonds. The molecule has 0 aliphatic carbocycles. The van der Waals surface area contributed by atoms with Gasteiger partial charge in [0.1, 0.15) is 24.2 Å². The van der Waals surface area contributed by atoms with Gasteiger partial charge in [-0.2, -0.15) is 9.36 Å². The van der Waals surface area contributed by atoms with Crippen LogP contribution in [0.1, 0.15) is 10.7 Å². The van der Waals surface area contributed by atoms with E-state index in [1.165, 1.54) is 28.0 Å². The van der Waals surface area contributed by atoms with Crippen LogP contribution in [0.3, 0.4) is 0 Å². The van der Waals surface area contributed by atoms with Crippen molar-refractivity contribution >= 4 is 80.6 Å². The second-order valence-corrected chi connectivity index (χ2v) is 11.3. The first-order chi connectivity index (χ1) is 18.3. The van der Waals surface area contributed by atoms with Crippen molar-refractivity contribution in [3.8, 4) is 11.1 Å². The summed E-state index contributed by atoms with van der Waals surface area (Å²) in [7, 11) is 1.94. The number of β-lactam (4-membered cyclic amide) rings is 1. The number of nitrogens with one attached hydrogen (secondary N) is 1. The van der Waals surface area contributed by atoms with E-state index < -0.39 is 40.9 Å². The van der Waals surface area contributed by atoms with E-state index in [1.54, 1.807) is 0 Å². The average Bonchev–Trinajstić information content (AvgIpc) is 3.56. The number of hydrogen-bond donors (Lipinski definition) is 3. The third-order valence-electron chi connectivity index (χ3n) is 5.74. The number of rotatable bonds is 8. The Labute approximate surface area is 233 Å². The fourth-order valence-electron chi connectivity index (χ4n) is 3.96. The topological polar surface area (TPSA) is 144 Å². The lowest BCUT2D eigenvalue weighted by Gasteiger charge is -2.49. The molecule has 0 unspecified atom stereocenters. The number of nitrogen functional groups attached to an aromatic ring is 1. The van der Waals surface area contributed by atoms with Gasteiger partial charge in [0.2, 0.25) is 16.7 Å². The van der Waals surface area contributed by atoms with Gasteiger partial charge in [-0.3, -0.25) is 19.3 Å². The lowest BCUT2D eigenvalue weighted by molar-refractivity contribution is -0.671. The van der Waals surface area contributed by atoms with Crippen molar-refractivity contribution in [3.05, 3.63) is 52.4 Å². The van der Waals surface area contributed by atoms with Crippen LogP contribution in [0.2, 0.25) is 0 Å². The Balaban J connectivity index is 1.38. The van der Waals surface area contributed by atoms with Gasteiger partial charge >= 0.3 is 0 Å². The number of carbonyl (C=O) groups excluding carboxylic acids is 3. The fourth-order valence-corrected chi connectivity index (χ4v) is 7.06. The first-order valence-electron chi connectivity index (χ1n) is 10.9. The number of alkyl halides is 1. The second kappa shape index (κ2) is 10.8. The highest BCUT2D eigenvalue weighted by atomic mass is 32.2. The van der Waals surface area contributed by atoms with E-state index in [0.29, 0.717) is 11.3 Å². The minimum Gasteiger partial charge on any atom is -0.374 e. The zero-order valence-corrected chi connectivity index (χ0v) is 22.9. The third kappa shape index (κ3) is 4.91. The normalized spacial score (nSPS) is 19.2. The van der Waals surface area contributed by atoms with Gasteiger partial charge in [-0.1, -0.05) is 17.8 Å². The van der Waals surface area contributed by atoms with Crippen LogP contribution >= 0.6 is 47.3 Å². The molecular weight excluding hydrogens is 574 g/mol.